The summed E-state index contributed by atoms with van der Waals surface area (Å²) in [7, 11) is 0. The summed E-state index contributed by atoms with van der Waals surface area (Å²) in [6, 6.07) is 21.3. The SMILES string of the molecule is c1ccc(C(NC2=NCCC2)c2ccccc2)cc1. The summed E-state index contributed by atoms with van der Waals surface area (Å²) in [5, 5.41) is 3.60. The third-order valence-corrected chi connectivity index (χ3v) is 3.45. The summed E-state index contributed by atoms with van der Waals surface area (Å²) < 4.78 is 0. The van der Waals surface area contributed by atoms with Crippen molar-refractivity contribution in [2.75, 3.05) is 6.54 Å². The zero-order valence-corrected chi connectivity index (χ0v) is 10.9. The Morgan fingerprint density at radius 1 is 0.842 bits per heavy atom. The fraction of sp³-hybridized carbons (Fsp3) is 0.235. The first-order valence-corrected chi connectivity index (χ1v) is 6.83. The third-order valence-electron chi connectivity index (χ3n) is 3.45. The van der Waals surface area contributed by atoms with Crippen molar-refractivity contribution in [3.63, 3.8) is 0 Å². The van der Waals surface area contributed by atoms with Crippen LogP contribution in [0.5, 0.6) is 0 Å². The van der Waals surface area contributed by atoms with Crippen molar-refractivity contribution in [1.82, 2.24) is 5.32 Å². The van der Waals surface area contributed by atoms with Crippen molar-refractivity contribution in [3.8, 4) is 0 Å². The van der Waals surface area contributed by atoms with Crippen LogP contribution in [-0.2, 0) is 0 Å². The van der Waals surface area contributed by atoms with E-state index >= 15 is 0 Å². The first kappa shape index (κ1) is 12.0. The summed E-state index contributed by atoms with van der Waals surface area (Å²) in [6.45, 7) is 0.957. The Kier molecular flexibility index (Phi) is 3.59. The standard InChI is InChI=1S/C17H18N2/c1-3-8-14(9-4-1)17(15-10-5-2-6-11-15)19-16-12-7-13-18-16/h1-6,8-11,17H,7,12-13H2,(H,18,19). The summed E-state index contributed by atoms with van der Waals surface area (Å²) in [5.74, 6) is 1.14. The first-order valence-electron chi connectivity index (χ1n) is 6.83. The number of nitrogens with one attached hydrogen (secondary N) is 1. The molecule has 1 aliphatic heterocycles. The Hall–Kier alpha value is -2.09. The number of rotatable bonds is 3. The molecule has 0 saturated carbocycles. The molecule has 0 aromatic heterocycles. The van der Waals surface area contributed by atoms with Crippen LogP contribution >= 0.6 is 0 Å². The number of aliphatic imine (C=N–C) groups is 1. The fourth-order valence-electron chi connectivity index (χ4n) is 2.47. The maximum Gasteiger partial charge on any atom is 0.0971 e. The second-order valence-corrected chi connectivity index (χ2v) is 4.83. The van der Waals surface area contributed by atoms with Crippen LogP contribution in [0.4, 0.5) is 0 Å². The summed E-state index contributed by atoms with van der Waals surface area (Å²) >= 11 is 0. The largest absolute Gasteiger partial charge is 0.363 e. The Morgan fingerprint density at radius 2 is 1.42 bits per heavy atom. The highest BCUT2D eigenvalue weighted by Crippen LogP contribution is 2.22. The number of amidine groups is 1. The fourth-order valence-corrected chi connectivity index (χ4v) is 2.47. The third kappa shape index (κ3) is 2.84. The first-order chi connectivity index (χ1) is 9.43. The highest BCUT2D eigenvalue weighted by Gasteiger charge is 2.16. The van der Waals surface area contributed by atoms with Crippen LogP contribution in [0.15, 0.2) is 65.7 Å². The quantitative estimate of drug-likeness (QED) is 0.885. The molecule has 0 spiro atoms. The molecule has 0 aliphatic carbocycles. The monoisotopic (exact) mass is 250 g/mol. The van der Waals surface area contributed by atoms with Gasteiger partial charge in [-0.2, -0.15) is 0 Å². The Bertz CT molecular complexity index is 506. The van der Waals surface area contributed by atoms with Crippen LogP contribution in [0.3, 0.4) is 0 Å². The molecule has 2 aromatic carbocycles. The topological polar surface area (TPSA) is 24.4 Å². The minimum atomic E-state index is 0.194. The Labute approximate surface area is 114 Å². The molecule has 0 fully saturated rings. The van der Waals surface area contributed by atoms with E-state index in [0.717, 1.165) is 18.8 Å². The summed E-state index contributed by atoms with van der Waals surface area (Å²) in [4.78, 5) is 4.53. The highest BCUT2D eigenvalue weighted by molar-refractivity contribution is 5.84. The van der Waals surface area contributed by atoms with E-state index in [1.165, 1.54) is 17.5 Å². The lowest BCUT2D eigenvalue weighted by molar-refractivity contribution is 0.753. The molecule has 3 rings (SSSR count). The van der Waals surface area contributed by atoms with E-state index in [1.807, 2.05) is 0 Å². The van der Waals surface area contributed by atoms with Crippen LogP contribution in [0, 0.1) is 0 Å². The number of hydrogen-bond donors (Lipinski definition) is 1. The van der Waals surface area contributed by atoms with Gasteiger partial charge < -0.3 is 5.32 Å². The van der Waals surface area contributed by atoms with E-state index in [4.69, 9.17) is 0 Å². The molecule has 2 heteroatoms. The second kappa shape index (κ2) is 5.70. The molecule has 0 saturated heterocycles. The Balaban J connectivity index is 1.91. The van der Waals surface area contributed by atoms with E-state index < -0.39 is 0 Å². The summed E-state index contributed by atoms with van der Waals surface area (Å²) in [5.41, 5.74) is 2.56. The van der Waals surface area contributed by atoms with Gasteiger partial charge in [0.15, 0.2) is 0 Å². The van der Waals surface area contributed by atoms with E-state index in [-0.39, 0.29) is 6.04 Å². The molecule has 0 amide bonds. The molecule has 1 aliphatic rings. The predicted molar refractivity (Wildman–Crippen MR) is 79.4 cm³/mol. The van der Waals surface area contributed by atoms with Crippen molar-refractivity contribution in [3.05, 3.63) is 71.8 Å². The van der Waals surface area contributed by atoms with Crippen LogP contribution in [0.1, 0.15) is 30.0 Å². The van der Waals surface area contributed by atoms with Crippen molar-refractivity contribution in [2.24, 2.45) is 4.99 Å². The van der Waals surface area contributed by atoms with Gasteiger partial charge in [-0.1, -0.05) is 60.7 Å². The second-order valence-electron chi connectivity index (χ2n) is 4.83. The van der Waals surface area contributed by atoms with Crippen molar-refractivity contribution >= 4 is 5.84 Å². The number of hydrogen-bond acceptors (Lipinski definition) is 2. The van der Waals surface area contributed by atoms with Gasteiger partial charge in [-0.15, -0.1) is 0 Å². The number of nitrogens with zero attached hydrogens (tertiary/aromatic N) is 1. The molecule has 0 atom stereocenters. The smallest absolute Gasteiger partial charge is 0.0971 e. The van der Waals surface area contributed by atoms with Crippen molar-refractivity contribution in [1.29, 1.82) is 0 Å². The van der Waals surface area contributed by atoms with Crippen molar-refractivity contribution in [2.45, 2.75) is 18.9 Å². The lowest BCUT2D eigenvalue weighted by Crippen LogP contribution is -2.27. The van der Waals surface area contributed by atoms with E-state index in [0.29, 0.717) is 0 Å². The van der Waals surface area contributed by atoms with E-state index in [9.17, 15) is 0 Å². The average Bonchev–Trinajstić information content (AvgIpc) is 3.00. The zero-order valence-electron chi connectivity index (χ0n) is 10.9. The molecule has 96 valence electrons. The van der Waals surface area contributed by atoms with Gasteiger partial charge in [0.2, 0.25) is 0 Å². The maximum atomic E-state index is 4.53. The van der Waals surface area contributed by atoms with Crippen LogP contribution in [0.2, 0.25) is 0 Å². The van der Waals surface area contributed by atoms with Gasteiger partial charge in [0.25, 0.3) is 0 Å². The van der Waals surface area contributed by atoms with Gasteiger partial charge in [-0.05, 0) is 17.5 Å². The number of benzene rings is 2. The van der Waals surface area contributed by atoms with Gasteiger partial charge in [0.05, 0.1) is 11.9 Å². The van der Waals surface area contributed by atoms with Crippen molar-refractivity contribution < 1.29 is 0 Å². The normalized spacial score (nSPS) is 14.5. The van der Waals surface area contributed by atoms with E-state index in [1.54, 1.807) is 0 Å². The van der Waals surface area contributed by atoms with Gasteiger partial charge in [0, 0.05) is 13.0 Å². The average molecular weight is 250 g/mol. The van der Waals surface area contributed by atoms with Gasteiger partial charge in [-0.25, -0.2) is 0 Å². The van der Waals surface area contributed by atoms with E-state index in [2.05, 4.69) is 71.0 Å². The zero-order chi connectivity index (χ0) is 12.9. The lowest BCUT2D eigenvalue weighted by atomic mass is 9.98. The highest BCUT2D eigenvalue weighted by atomic mass is 15.0. The molecule has 19 heavy (non-hydrogen) atoms. The van der Waals surface area contributed by atoms with Gasteiger partial charge in [0.1, 0.15) is 0 Å². The van der Waals surface area contributed by atoms with Crippen LogP contribution in [0.25, 0.3) is 0 Å². The molecule has 0 bridgehead atoms. The predicted octanol–water partition coefficient (Wildman–Crippen LogP) is 3.56. The molecule has 2 nitrogen and oxygen atoms in total. The van der Waals surface area contributed by atoms with Gasteiger partial charge >= 0.3 is 0 Å². The molecule has 0 radical (unpaired) electrons. The van der Waals surface area contributed by atoms with Crippen LogP contribution in [-0.4, -0.2) is 12.4 Å². The maximum absolute atomic E-state index is 4.53. The molecule has 0 unspecified atom stereocenters. The molecular weight excluding hydrogens is 232 g/mol. The molecule has 2 aromatic rings. The Morgan fingerprint density at radius 3 is 1.89 bits per heavy atom. The minimum Gasteiger partial charge on any atom is -0.363 e. The molecule has 1 N–H and O–H groups in total. The van der Waals surface area contributed by atoms with Gasteiger partial charge in [-0.3, -0.25) is 4.99 Å². The molecular formula is C17H18N2. The minimum absolute atomic E-state index is 0.194. The molecule has 1 heterocycles. The lowest BCUT2D eigenvalue weighted by Gasteiger charge is -2.20. The summed E-state index contributed by atoms with van der Waals surface area (Å²) in [6.07, 6.45) is 2.23. The van der Waals surface area contributed by atoms with Crippen LogP contribution < -0.4 is 5.32 Å².